The van der Waals surface area contributed by atoms with Crippen molar-refractivity contribution in [1.29, 1.82) is 0 Å². The van der Waals surface area contributed by atoms with Crippen LogP contribution in [0.15, 0.2) is 18.2 Å². The molecule has 0 spiro atoms. The summed E-state index contributed by atoms with van der Waals surface area (Å²) in [5, 5.41) is 1.05. The zero-order valence-electron chi connectivity index (χ0n) is 11.7. The molecule has 2 fully saturated rings. The molecule has 3 rings (SSSR count). The van der Waals surface area contributed by atoms with Crippen LogP contribution in [0.4, 0.5) is 0 Å². The average molecular weight is 330 g/mol. The summed E-state index contributed by atoms with van der Waals surface area (Å²) in [6.07, 6.45) is 0.637. The van der Waals surface area contributed by atoms with E-state index >= 15 is 0 Å². The summed E-state index contributed by atoms with van der Waals surface area (Å²) >= 11 is 12.0. The van der Waals surface area contributed by atoms with Crippen LogP contribution in [0.5, 0.6) is 0 Å². The zero-order chi connectivity index (χ0) is 15.0. The molecule has 0 aliphatic carbocycles. The highest BCUT2D eigenvalue weighted by molar-refractivity contribution is 6.42. The molecule has 6 heteroatoms. The van der Waals surface area contributed by atoms with Gasteiger partial charge in [0.15, 0.2) is 0 Å². The fraction of sp³-hybridized carbons (Fsp3) is 0.533. The Hall–Kier alpha value is -0.810. The molecule has 0 bridgehead atoms. The highest BCUT2D eigenvalue weighted by Gasteiger charge is 2.38. The molecule has 114 valence electrons. The summed E-state index contributed by atoms with van der Waals surface area (Å²) in [7, 11) is 0. The lowest BCUT2D eigenvalue weighted by atomic mass is 10.1. The van der Waals surface area contributed by atoms with Gasteiger partial charge in [0.05, 0.1) is 22.8 Å². The minimum atomic E-state index is -0.158. The van der Waals surface area contributed by atoms with E-state index in [1.807, 2.05) is 19.1 Å². The summed E-state index contributed by atoms with van der Waals surface area (Å²) in [6, 6.07) is 5.35. The second-order valence-electron chi connectivity index (χ2n) is 5.53. The number of cyclic esters (lactones) is 1. The van der Waals surface area contributed by atoms with Gasteiger partial charge in [0.1, 0.15) is 12.1 Å². The molecule has 2 aliphatic rings. The molecular weight excluding hydrogens is 313 g/mol. The van der Waals surface area contributed by atoms with Gasteiger partial charge >= 0.3 is 5.97 Å². The number of benzene rings is 1. The summed E-state index contributed by atoms with van der Waals surface area (Å²) in [4.78, 5) is 14.0. The van der Waals surface area contributed by atoms with E-state index in [9.17, 15) is 4.79 Å². The molecule has 0 saturated carbocycles. The smallest absolute Gasteiger partial charge is 0.323 e. The molecule has 1 aromatic rings. The molecule has 0 amide bonds. The van der Waals surface area contributed by atoms with Gasteiger partial charge in [0.25, 0.3) is 0 Å². The highest BCUT2D eigenvalue weighted by atomic mass is 35.5. The standard InChI is InChI=1S/C15H17Cl2NO3/c1-9-6-13(15(19)21-9)18-4-5-20-14(8-18)10-2-3-11(16)12(17)7-10/h2-3,7,9,13-14H,4-6,8H2,1H3/t9-,13+,14+/m1/s1. The minimum absolute atomic E-state index is 0.00577. The Balaban J connectivity index is 1.73. The molecule has 2 heterocycles. The second-order valence-corrected chi connectivity index (χ2v) is 6.34. The Morgan fingerprint density at radius 2 is 2.10 bits per heavy atom. The van der Waals surface area contributed by atoms with Crippen molar-refractivity contribution >= 4 is 29.2 Å². The lowest BCUT2D eigenvalue weighted by Gasteiger charge is -2.35. The predicted octanol–water partition coefficient (Wildman–Crippen LogP) is 3.07. The van der Waals surface area contributed by atoms with Crippen molar-refractivity contribution in [3.8, 4) is 0 Å². The monoisotopic (exact) mass is 329 g/mol. The first-order valence-corrected chi connectivity index (χ1v) is 7.81. The van der Waals surface area contributed by atoms with E-state index in [1.54, 1.807) is 6.07 Å². The first-order valence-electron chi connectivity index (χ1n) is 7.05. The highest BCUT2D eigenvalue weighted by Crippen LogP contribution is 2.31. The van der Waals surface area contributed by atoms with E-state index < -0.39 is 0 Å². The summed E-state index contributed by atoms with van der Waals surface area (Å²) in [5.41, 5.74) is 0.980. The molecule has 0 aromatic heterocycles. The maximum absolute atomic E-state index is 11.9. The van der Waals surface area contributed by atoms with Crippen LogP contribution in [0.25, 0.3) is 0 Å². The third kappa shape index (κ3) is 3.19. The Morgan fingerprint density at radius 3 is 2.76 bits per heavy atom. The molecule has 3 atom stereocenters. The molecular formula is C15H17Cl2NO3. The van der Waals surface area contributed by atoms with Gasteiger partial charge in [0.2, 0.25) is 0 Å². The molecule has 0 radical (unpaired) electrons. The number of morpholine rings is 1. The third-order valence-electron chi connectivity index (χ3n) is 4.00. The number of halogens is 2. The van der Waals surface area contributed by atoms with Crippen LogP contribution < -0.4 is 0 Å². The van der Waals surface area contributed by atoms with Crippen molar-refractivity contribution in [2.75, 3.05) is 19.7 Å². The average Bonchev–Trinajstić information content (AvgIpc) is 2.81. The number of esters is 1. The predicted molar refractivity (Wildman–Crippen MR) is 80.7 cm³/mol. The molecule has 2 aliphatic heterocycles. The van der Waals surface area contributed by atoms with E-state index in [0.29, 0.717) is 23.2 Å². The first-order chi connectivity index (χ1) is 10.0. The Bertz CT molecular complexity index is 552. The summed E-state index contributed by atoms with van der Waals surface area (Å²) < 4.78 is 11.1. The molecule has 4 nitrogen and oxygen atoms in total. The molecule has 1 aromatic carbocycles. The number of ether oxygens (including phenoxy) is 2. The van der Waals surface area contributed by atoms with Crippen LogP contribution in [0.2, 0.25) is 10.0 Å². The van der Waals surface area contributed by atoms with Crippen molar-refractivity contribution in [3.63, 3.8) is 0 Å². The van der Waals surface area contributed by atoms with Crippen molar-refractivity contribution in [2.24, 2.45) is 0 Å². The van der Waals surface area contributed by atoms with E-state index in [0.717, 1.165) is 18.5 Å². The number of rotatable bonds is 2. The minimum Gasteiger partial charge on any atom is -0.461 e. The fourth-order valence-corrected chi connectivity index (χ4v) is 3.21. The van der Waals surface area contributed by atoms with Crippen molar-refractivity contribution < 1.29 is 14.3 Å². The number of carbonyl (C=O) groups is 1. The van der Waals surface area contributed by atoms with Gasteiger partial charge in [-0.15, -0.1) is 0 Å². The van der Waals surface area contributed by atoms with Crippen LogP contribution in [-0.4, -0.2) is 42.7 Å². The van der Waals surface area contributed by atoms with Gasteiger partial charge in [-0.3, -0.25) is 9.69 Å². The van der Waals surface area contributed by atoms with Crippen LogP contribution in [-0.2, 0) is 14.3 Å². The number of nitrogens with zero attached hydrogens (tertiary/aromatic N) is 1. The zero-order valence-corrected chi connectivity index (χ0v) is 13.2. The van der Waals surface area contributed by atoms with E-state index in [4.69, 9.17) is 32.7 Å². The molecule has 2 saturated heterocycles. The summed E-state index contributed by atoms with van der Waals surface area (Å²) in [5.74, 6) is -0.128. The second kappa shape index (κ2) is 6.13. The first kappa shape index (κ1) is 15.1. The molecule has 21 heavy (non-hydrogen) atoms. The number of hydrogen-bond donors (Lipinski definition) is 0. The number of hydrogen-bond acceptors (Lipinski definition) is 4. The van der Waals surface area contributed by atoms with Crippen LogP contribution in [0.3, 0.4) is 0 Å². The Kier molecular flexibility index (Phi) is 4.41. The van der Waals surface area contributed by atoms with E-state index in [2.05, 4.69) is 4.90 Å². The topological polar surface area (TPSA) is 38.8 Å². The van der Waals surface area contributed by atoms with Crippen LogP contribution >= 0.6 is 23.2 Å². The van der Waals surface area contributed by atoms with Gasteiger partial charge in [-0.2, -0.15) is 0 Å². The third-order valence-corrected chi connectivity index (χ3v) is 4.74. The fourth-order valence-electron chi connectivity index (χ4n) is 2.90. The quantitative estimate of drug-likeness (QED) is 0.781. The van der Waals surface area contributed by atoms with Crippen LogP contribution in [0, 0.1) is 0 Å². The maximum atomic E-state index is 11.9. The normalized spacial score (nSPS) is 30.4. The SMILES string of the molecule is C[C@@H]1C[C@H](N2CCO[C@H](c3ccc(Cl)c(Cl)c3)C2)C(=O)O1. The maximum Gasteiger partial charge on any atom is 0.323 e. The van der Waals surface area contributed by atoms with Gasteiger partial charge < -0.3 is 9.47 Å². The van der Waals surface area contributed by atoms with Crippen molar-refractivity contribution in [2.45, 2.75) is 31.6 Å². The van der Waals surface area contributed by atoms with Crippen LogP contribution in [0.1, 0.15) is 25.0 Å². The lowest BCUT2D eigenvalue weighted by molar-refractivity contribution is -0.147. The molecule has 0 N–H and O–H groups in total. The van der Waals surface area contributed by atoms with Gasteiger partial charge in [0, 0.05) is 19.5 Å². The summed E-state index contributed by atoms with van der Waals surface area (Å²) in [6.45, 7) is 3.91. The largest absolute Gasteiger partial charge is 0.461 e. The van der Waals surface area contributed by atoms with Gasteiger partial charge in [-0.25, -0.2) is 0 Å². The van der Waals surface area contributed by atoms with Crippen molar-refractivity contribution in [3.05, 3.63) is 33.8 Å². The number of carbonyl (C=O) groups excluding carboxylic acids is 1. The van der Waals surface area contributed by atoms with Gasteiger partial charge in [-0.05, 0) is 24.6 Å². The van der Waals surface area contributed by atoms with Crippen molar-refractivity contribution in [1.82, 2.24) is 4.90 Å². The molecule has 0 unspecified atom stereocenters. The Labute approximate surface area is 133 Å². The Morgan fingerprint density at radius 1 is 1.29 bits per heavy atom. The lowest BCUT2D eigenvalue weighted by Crippen LogP contribution is -2.46. The van der Waals surface area contributed by atoms with Gasteiger partial charge in [-0.1, -0.05) is 29.3 Å². The van der Waals surface area contributed by atoms with E-state index in [1.165, 1.54) is 0 Å². The van der Waals surface area contributed by atoms with E-state index in [-0.39, 0.29) is 24.2 Å².